The predicted octanol–water partition coefficient (Wildman–Crippen LogP) is 2.27. The van der Waals surface area contributed by atoms with Crippen molar-refractivity contribution in [2.75, 3.05) is 7.11 Å². The van der Waals surface area contributed by atoms with E-state index in [-0.39, 0.29) is 29.6 Å². The van der Waals surface area contributed by atoms with Gasteiger partial charge in [0.05, 0.1) is 7.11 Å². The Hall–Kier alpha value is -1.59. The average molecular weight is 354 g/mol. The highest BCUT2D eigenvalue weighted by molar-refractivity contribution is 5.91. The molecule has 2 unspecified atom stereocenters. The summed E-state index contributed by atoms with van der Waals surface area (Å²) in [6, 6.07) is -1.37. The van der Waals surface area contributed by atoms with Crippen molar-refractivity contribution in [3.8, 4) is 0 Å². The molecule has 0 bridgehead atoms. The molecule has 0 radical (unpaired) electrons. The van der Waals surface area contributed by atoms with Crippen molar-refractivity contribution in [2.24, 2.45) is 23.7 Å². The Kier molecular flexibility index (Phi) is 8.39. The number of nitrogens with one attached hydrogen (secondary N) is 2. The Bertz CT molecular complexity index is 468. The minimum atomic E-state index is -0.716. The Morgan fingerprint density at radius 2 is 1.40 bits per heavy atom. The molecule has 0 spiro atoms. The molecule has 1 saturated carbocycles. The summed E-state index contributed by atoms with van der Waals surface area (Å²) in [7, 11) is 1.30. The lowest BCUT2D eigenvalue weighted by molar-refractivity contribution is -0.147. The molecule has 0 heterocycles. The molecule has 25 heavy (non-hydrogen) atoms. The summed E-state index contributed by atoms with van der Waals surface area (Å²) in [5.74, 6) is -0.390. The molecule has 1 fully saturated rings. The van der Waals surface area contributed by atoms with Gasteiger partial charge >= 0.3 is 5.97 Å². The van der Waals surface area contributed by atoms with Crippen LogP contribution in [-0.2, 0) is 19.1 Å². The molecule has 6 nitrogen and oxygen atoms in total. The molecule has 2 N–H and O–H groups in total. The van der Waals surface area contributed by atoms with E-state index in [1.165, 1.54) is 7.11 Å². The number of hydrogen-bond donors (Lipinski definition) is 2. The van der Waals surface area contributed by atoms with E-state index in [1.54, 1.807) is 0 Å². The zero-order chi connectivity index (χ0) is 19.1. The van der Waals surface area contributed by atoms with Gasteiger partial charge in [0, 0.05) is 5.92 Å². The molecular weight excluding hydrogens is 320 g/mol. The van der Waals surface area contributed by atoms with Gasteiger partial charge in [0.1, 0.15) is 12.1 Å². The fourth-order valence-corrected chi connectivity index (χ4v) is 3.20. The van der Waals surface area contributed by atoms with Crippen LogP contribution in [0, 0.1) is 23.7 Å². The van der Waals surface area contributed by atoms with Crippen molar-refractivity contribution in [1.29, 1.82) is 0 Å². The summed E-state index contributed by atoms with van der Waals surface area (Å²) >= 11 is 0. The van der Waals surface area contributed by atoms with Gasteiger partial charge in [-0.2, -0.15) is 0 Å². The van der Waals surface area contributed by atoms with Crippen LogP contribution in [0.1, 0.15) is 60.3 Å². The van der Waals surface area contributed by atoms with Gasteiger partial charge in [-0.15, -0.1) is 0 Å². The Morgan fingerprint density at radius 1 is 0.880 bits per heavy atom. The van der Waals surface area contributed by atoms with E-state index in [9.17, 15) is 14.4 Å². The van der Waals surface area contributed by atoms with Gasteiger partial charge in [-0.3, -0.25) is 9.59 Å². The first kappa shape index (κ1) is 21.5. The van der Waals surface area contributed by atoms with Gasteiger partial charge in [0.25, 0.3) is 0 Å². The standard InChI is InChI=1S/C19H34N2O4/c1-11(2)15(18(23)21-16(12(3)4)19(24)25-6)20-17(22)14-9-7-13(5)8-10-14/h11-16H,7-10H2,1-6H3,(H,20,22)(H,21,23). The summed E-state index contributed by atoms with van der Waals surface area (Å²) in [5.41, 5.74) is 0. The first-order valence-corrected chi connectivity index (χ1v) is 9.35. The molecule has 2 amide bonds. The van der Waals surface area contributed by atoms with Crippen LogP contribution in [0.4, 0.5) is 0 Å². The van der Waals surface area contributed by atoms with Gasteiger partial charge < -0.3 is 15.4 Å². The fourth-order valence-electron chi connectivity index (χ4n) is 3.20. The summed E-state index contributed by atoms with van der Waals surface area (Å²) in [6.07, 6.45) is 3.84. The molecule has 2 atom stereocenters. The van der Waals surface area contributed by atoms with Crippen molar-refractivity contribution < 1.29 is 19.1 Å². The largest absolute Gasteiger partial charge is 0.467 e. The highest BCUT2D eigenvalue weighted by Gasteiger charge is 2.33. The number of amides is 2. The maximum atomic E-state index is 12.7. The maximum Gasteiger partial charge on any atom is 0.328 e. The second-order valence-corrected chi connectivity index (χ2v) is 7.94. The zero-order valence-corrected chi connectivity index (χ0v) is 16.4. The van der Waals surface area contributed by atoms with Crippen LogP contribution in [0.3, 0.4) is 0 Å². The number of carbonyl (C=O) groups excluding carboxylic acids is 3. The molecule has 0 aromatic heterocycles. The minimum absolute atomic E-state index is 0.0215. The number of esters is 1. The molecule has 1 aliphatic carbocycles. The molecule has 6 heteroatoms. The van der Waals surface area contributed by atoms with Gasteiger partial charge in [-0.1, -0.05) is 34.6 Å². The first-order chi connectivity index (χ1) is 11.7. The van der Waals surface area contributed by atoms with E-state index in [0.29, 0.717) is 5.92 Å². The highest BCUT2D eigenvalue weighted by Crippen LogP contribution is 2.28. The van der Waals surface area contributed by atoms with Crippen LogP contribution < -0.4 is 10.6 Å². The molecule has 0 aromatic rings. The average Bonchev–Trinajstić information content (AvgIpc) is 2.56. The smallest absolute Gasteiger partial charge is 0.328 e. The van der Waals surface area contributed by atoms with Gasteiger partial charge in [0.15, 0.2) is 0 Å². The fraction of sp³-hybridized carbons (Fsp3) is 0.842. The zero-order valence-electron chi connectivity index (χ0n) is 16.4. The lowest BCUT2D eigenvalue weighted by Gasteiger charge is -2.29. The molecule has 144 valence electrons. The third kappa shape index (κ3) is 6.33. The van der Waals surface area contributed by atoms with Crippen LogP contribution in [0.2, 0.25) is 0 Å². The number of hydrogen-bond acceptors (Lipinski definition) is 4. The van der Waals surface area contributed by atoms with E-state index < -0.39 is 18.1 Å². The SMILES string of the molecule is COC(=O)C(NC(=O)C(NC(=O)C1CCC(C)CC1)C(C)C)C(C)C. The summed E-state index contributed by atoms with van der Waals surface area (Å²) in [5, 5.41) is 5.63. The second kappa shape index (κ2) is 9.78. The number of rotatable bonds is 7. The van der Waals surface area contributed by atoms with Crippen molar-refractivity contribution >= 4 is 17.8 Å². The summed E-state index contributed by atoms with van der Waals surface area (Å²) < 4.78 is 4.76. The van der Waals surface area contributed by atoms with Crippen LogP contribution >= 0.6 is 0 Å². The Labute approximate surface area is 151 Å². The lowest BCUT2D eigenvalue weighted by atomic mass is 9.82. The summed E-state index contributed by atoms with van der Waals surface area (Å²) in [4.78, 5) is 37.1. The van der Waals surface area contributed by atoms with Crippen molar-refractivity contribution in [1.82, 2.24) is 10.6 Å². The van der Waals surface area contributed by atoms with Crippen LogP contribution in [0.25, 0.3) is 0 Å². The van der Waals surface area contributed by atoms with E-state index in [2.05, 4.69) is 17.6 Å². The molecule has 1 aliphatic rings. The third-order valence-electron chi connectivity index (χ3n) is 5.05. The third-order valence-corrected chi connectivity index (χ3v) is 5.05. The molecule has 0 aromatic carbocycles. The van der Waals surface area contributed by atoms with Crippen molar-refractivity contribution in [3.05, 3.63) is 0 Å². The van der Waals surface area contributed by atoms with E-state index in [0.717, 1.165) is 25.7 Å². The lowest BCUT2D eigenvalue weighted by Crippen LogP contribution is -2.56. The number of ether oxygens (including phenoxy) is 1. The van der Waals surface area contributed by atoms with E-state index in [4.69, 9.17) is 4.74 Å². The monoisotopic (exact) mass is 354 g/mol. The van der Waals surface area contributed by atoms with Crippen molar-refractivity contribution in [2.45, 2.75) is 72.4 Å². The highest BCUT2D eigenvalue weighted by atomic mass is 16.5. The van der Waals surface area contributed by atoms with Gasteiger partial charge in [-0.05, 0) is 43.4 Å². The van der Waals surface area contributed by atoms with E-state index in [1.807, 2.05) is 27.7 Å². The molecular formula is C19H34N2O4. The minimum Gasteiger partial charge on any atom is -0.467 e. The Morgan fingerprint density at radius 3 is 1.84 bits per heavy atom. The van der Waals surface area contributed by atoms with Crippen LogP contribution in [0.5, 0.6) is 0 Å². The van der Waals surface area contributed by atoms with Crippen molar-refractivity contribution in [3.63, 3.8) is 0 Å². The number of carbonyl (C=O) groups is 3. The van der Waals surface area contributed by atoms with Gasteiger partial charge in [-0.25, -0.2) is 4.79 Å². The molecule has 0 aliphatic heterocycles. The van der Waals surface area contributed by atoms with Crippen LogP contribution in [0.15, 0.2) is 0 Å². The molecule has 0 saturated heterocycles. The quantitative estimate of drug-likeness (QED) is 0.687. The maximum absolute atomic E-state index is 12.7. The molecule has 1 rings (SSSR count). The second-order valence-electron chi connectivity index (χ2n) is 7.94. The summed E-state index contributed by atoms with van der Waals surface area (Å²) in [6.45, 7) is 9.66. The normalized spacial score (nSPS) is 23.0. The van der Waals surface area contributed by atoms with Crippen LogP contribution in [-0.4, -0.2) is 37.0 Å². The topological polar surface area (TPSA) is 84.5 Å². The van der Waals surface area contributed by atoms with Gasteiger partial charge in [0.2, 0.25) is 11.8 Å². The number of methoxy groups -OCH3 is 1. The predicted molar refractivity (Wildman–Crippen MR) is 96.7 cm³/mol. The Balaban J connectivity index is 2.73. The first-order valence-electron chi connectivity index (χ1n) is 9.35. The van der Waals surface area contributed by atoms with E-state index >= 15 is 0 Å².